The molecule has 4 nitrogen and oxygen atoms in total. The Morgan fingerprint density at radius 3 is 2.58 bits per heavy atom. The van der Waals surface area contributed by atoms with Gasteiger partial charge in [-0.2, -0.15) is 0 Å². The molecule has 1 aliphatic carbocycles. The average Bonchev–Trinajstić information content (AvgIpc) is 2.61. The Morgan fingerprint density at radius 1 is 1.53 bits per heavy atom. The van der Waals surface area contributed by atoms with Crippen LogP contribution in [0.15, 0.2) is 6.07 Å². The largest absolute Gasteiger partial charge is 0.478 e. The molecular formula is C15H23NO3. The highest BCUT2D eigenvalue weighted by atomic mass is 16.5. The molecule has 106 valence electrons. The van der Waals surface area contributed by atoms with Crippen LogP contribution in [-0.2, 0) is 4.74 Å². The number of hydrogen-bond acceptors (Lipinski definition) is 2. The van der Waals surface area contributed by atoms with Gasteiger partial charge >= 0.3 is 5.97 Å². The molecule has 1 heterocycles. The van der Waals surface area contributed by atoms with Crippen molar-refractivity contribution in [1.29, 1.82) is 0 Å². The number of nitrogens with zero attached hydrogens (tertiary/aromatic N) is 1. The van der Waals surface area contributed by atoms with Crippen LogP contribution in [0.5, 0.6) is 0 Å². The third-order valence-corrected chi connectivity index (χ3v) is 4.52. The predicted octanol–water partition coefficient (Wildman–Crippen LogP) is 3.18. The van der Waals surface area contributed by atoms with Gasteiger partial charge in [0.25, 0.3) is 0 Å². The first-order valence-electron chi connectivity index (χ1n) is 6.84. The van der Waals surface area contributed by atoms with Gasteiger partial charge in [0.05, 0.1) is 11.7 Å². The van der Waals surface area contributed by atoms with Gasteiger partial charge in [-0.25, -0.2) is 4.79 Å². The first kappa shape index (κ1) is 14.1. The second-order valence-corrected chi connectivity index (χ2v) is 5.98. The molecule has 1 aromatic heterocycles. The standard InChI is InChI=1S/C15H23NO3/c1-6-19-13-8-12(15(13,4)5)16-9(2)7-11(10(16)3)14(17)18/h7,12-13H,6,8H2,1-5H3,(H,17,18). The molecule has 19 heavy (non-hydrogen) atoms. The number of aromatic carboxylic acids is 1. The SMILES string of the molecule is CCOC1CC(n2c(C)cc(C(=O)O)c2C)C1(C)C. The Balaban J connectivity index is 2.32. The lowest BCUT2D eigenvalue weighted by Gasteiger charge is -2.53. The highest BCUT2D eigenvalue weighted by Gasteiger charge is 2.50. The highest BCUT2D eigenvalue weighted by Crippen LogP contribution is 2.52. The maximum atomic E-state index is 11.2. The fourth-order valence-corrected chi connectivity index (χ4v) is 3.26. The smallest absolute Gasteiger partial charge is 0.337 e. The van der Waals surface area contributed by atoms with Crippen molar-refractivity contribution in [3.8, 4) is 0 Å². The number of hydrogen-bond donors (Lipinski definition) is 1. The Labute approximate surface area is 114 Å². The second-order valence-electron chi connectivity index (χ2n) is 5.98. The normalized spacial score (nSPS) is 25.1. The van der Waals surface area contributed by atoms with Crippen LogP contribution >= 0.6 is 0 Å². The van der Waals surface area contributed by atoms with Crippen LogP contribution in [0.1, 0.15) is 55.0 Å². The summed E-state index contributed by atoms with van der Waals surface area (Å²) >= 11 is 0. The molecule has 1 aliphatic rings. The molecule has 0 aliphatic heterocycles. The highest BCUT2D eigenvalue weighted by molar-refractivity contribution is 5.89. The first-order valence-corrected chi connectivity index (χ1v) is 6.84. The minimum absolute atomic E-state index is 0.0420. The number of ether oxygens (including phenoxy) is 1. The van der Waals surface area contributed by atoms with Gasteiger partial charge in [0.1, 0.15) is 0 Å². The summed E-state index contributed by atoms with van der Waals surface area (Å²) in [7, 11) is 0. The van der Waals surface area contributed by atoms with E-state index in [1.165, 1.54) is 0 Å². The number of aromatic nitrogens is 1. The third kappa shape index (κ3) is 2.08. The molecule has 2 unspecified atom stereocenters. The van der Waals surface area contributed by atoms with Crippen LogP contribution in [-0.4, -0.2) is 28.4 Å². The molecule has 1 saturated carbocycles. The molecule has 4 heteroatoms. The van der Waals surface area contributed by atoms with E-state index in [0.717, 1.165) is 24.4 Å². The number of carboxylic acids is 1. The fourth-order valence-electron chi connectivity index (χ4n) is 3.26. The van der Waals surface area contributed by atoms with Crippen molar-refractivity contribution in [2.45, 2.75) is 53.2 Å². The van der Waals surface area contributed by atoms with E-state index in [9.17, 15) is 9.90 Å². The predicted molar refractivity (Wildman–Crippen MR) is 73.7 cm³/mol. The van der Waals surface area contributed by atoms with Crippen molar-refractivity contribution in [3.05, 3.63) is 23.0 Å². The summed E-state index contributed by atoms with van der Waals surface area (Å²) in [6, 6.07) is 2.08. The van der Waals surface area contributed by atoms with E-state index in [2.05, 4.69) is 18.4 Å². The maximum absolute atomic E-state index is 11.2. The van der Waals surface area contributed by atoms with Crippen molar-refractivity contribution < 1.29 is 14.6 Å². The Kier molecular flexibility index (Phi) is 3.47. The van der Waals surface area contributed by atoms with Crippen molar-refractivity contribution in [2.24, 2.45) is 5.41 Å². The minimum atomic E-state index is -0.849. The molecule has 0 saturated heterocycles. The average molecular weight is 265 g/mol. The zero-order chi connectivity index (χ0) is 14.4. The summed E-state index contributed by atoms with van der Waals surface area (Å²) in [4.78, 5) is 11.2. The molecule has 0 bridgehead atoms. The van der Waals surface area contributed by atoms with Crippen molar-refractivity contribution in [2.75, 3.05) is 6.61 Å². The van der Waals surface area contributed by atoms with E-state index >= 15 is 0 Å². The zero-order valence-electron chi connectivity index (χ0n) is 12.4. The summed E-state index contributed by atoms with van der Waals surface area (Å²) in [5, 5.41) is 9.20. The van der Waals surface area contributed by atoms with Gasteiger partial charge in [-0.15, -0.1) is 0 Å². The number of aryl methyl sites for hydroxylation is 1. The summed E-state index contributed by atoms with van der Waals surface area (Å²) in [5.41, 5.74) is 2.31. The van der Waals surface area contributed by atoms with Gasteiger partial charge in [-0.1, -0.05) is 13.8 Å². The molecule has 2 rings (SSSR count). The minimum Gasteiger partial charge on any atom is -0.478 e. The van der Waals surface area contributed by atoms with E-state index < -0.39 is 5.97 Å². The van der Waals surface area contributed by atoms with E-state index in [1.54, 1.807) is 6.07 Å². The summed E-state index contributed by atoms with van der Waals surface area (Å²) in [5.74, 6) is -0.849. The van der Waals surface area contributed by atoms with Crippen LogP contribution in [0.4, 0.5) is 0 Å². The second kappa shape index (κ2) is 4.67. The molecule has 2 atom stereocenters. The van der Waals surface area contributed by atoms with Crippen molar-refractivity contribution in [3.63, 3.8) is 0 Å². The topological polar surface area (TPSA) is 51.5 Å². The van der Waals surface area contributed by atoms with Crippen LogP contribution in [0, 0.1) is 19.3 Å². The summed E-state index contributed by atoms with van der Waals surface area (Å²) < 4.78 is 7.91. The molecule has 0 aromatic carbocycles. The van der Waals surface area contributed by atoms with Crippen molar-refractivity contribution in [1.82, 2.24) is 4.57 Å². The number of carboxylic acid groups (broad SMARTS) is 1. The van der Waals surface area contributed by atoms with Crippen LogP contribution in [0.3, 0.4) is 0 Å². The summed E-state index contributed by atoms with van der Waals surface area (Å²) in [6.45, 7) is 11.0. The molecule has 0 spiro atoms. The third-order valence-electron chi connectivity index (χ3n) is 4.52. The molecule has 0 amide bonds. The Bertz CT molecular complexity index is 502. The quantitative estimate of drug-likeness (QED) is 0.909. The van der Waals surface area contributed by atoms with Gasteiger partial charge in [0, 0.05) is 29.5 Å². The van der Waals surface area contributed by atoms with Gasteiger partial charge in [0.15, 0.2) is 0 Å². The van der Waals surface area contributed by atoms with E-state index in [4.69, 9.17) is 4.74 Å². The molecule has 1 N–H and O–H groups in total. The van der Waals surface area contributed by atoms with Crippen LogP contribution < -0.4 is 0 Å². The molecular weight excluding hydrogens is 242 g/mol. The lowest BCUT2D eigenvalue weighted by Crippen LogP contribution is -2.51. The monoisotopic (exact) mass is 265 g/mol. The van der Waals surface area contributed by atoms with Crippen LogP contribution in [0.25, 0.3) is 0 Å². The Morgan fingerprint density at radius 2 is 2.16 bits per heavy atom. The van der Waals surface area contributed by atoms with Gasteiger partial charge < -0.3 is 14.4 Å². The Hall–Kier alpha value is -1.29. The number of carbonyl (C=O) groups is 1. The zero-order valence-corrected chi connectivity index (χ0v) is 12.4. The molecule has 1 fully saturated rings. The lowest BCUT2D eigenvalue weighted by atomic mass is 9.64. The van der Waals surface area contributed by atoms with Gasteiger partial charge in [-0.3, -0.25) is 0 Å². The van der Waals surface area contributed by atoms with Crippen molar-refractivity contribution >= 4 is 5.97 Å². The molecule has 1 aromatic rings. The fraction of sp³-hybridized carbons (Fsp3) is 0.667. The van der Waals surface area contributed by atoms with Gasteiger partial charge in [-0.05, 0) is 33.3 Å². The van der Waals surface area contributed by atoms with Gasteiger partial charge in [0.2, 0.25) is 0 Å². The lowest BCUT2D eigenvalue weighted by molar-refractivity contribution is -0.128. The maximum Gasteiger partial charge on any atom is 0.337 e. The van der Waals surface area contributed by atoms with E-state index in [1.807, 2.05) is 20.8 Å². The molecule has 0 radical (unpaired) electrons. The van der Waals surface area contributed by atoms with E-state index in [0.29, 0.717) is 11.6 Å². The van der Waals surface area contributed by atoms with Crippen LogP contribution in [0.2, 0.25) is 0 Å². The summed E-state index contributed by atoms with van der Waals surface area (Å²) in [6.07, 6.45) is 1.22. The first-order chi connectivity index (χ1) is 8.80. The van der Waals surface area contributed by atoms with E-state index in [-0.39, 0.29) is 11.5 Å². The number of rotatable bonds is 4.